The number of rotatable bonds is 4. The Balaban J connectivity index is 1.96. The fraction of sp³-hybridized carbons (Fsp3) is 0.333. The quantitative estimate of drug-likeness (QED) is 0.515. The zero-order chi connectivity index (χ0) is 23.0. The van der Waals surface area contributed by atoms with Gasteiger partial charge < -0.3 is 14.9 Å². The Morgan fingerprint density at radius 1 is 1.19 bits per heavy atom. The molecule has 0 radical (unpaired) electrons. The van der Waals surface area contributed by atoms with Crippen LogP contribution in [-0.2, 0) is 6.42 Å². The van der Waals surface area contributed by atoms with Crippen molar-refractivity contribution < 1.29 is 19.7 Å². The zero-order valence-electron chi connectivity index (χ0n) is 19.0. The highest BCUT2D eigenvalue weighted by Crippen LogP contribution is 2.45. The van der Waals surface area contributed by atoms with E-state index in [-0.39, 0.29) is 17.1 Å². The number of aromatic nitrogens is 1. The molecular formula is C27H29NO4. The lowest BCUT2D eigenvalue weighted by Gasteiger charge is -2.36. The number of allylic oxidation sites excluding steroid dienone is 1. The molecule has 1 aromatic heterocycles. The summed E-state index contributed by atoms with van der Waals surface area (Å²) in [5, 5.41) is 20.9. The van der Waals surface area contributed by atoms with Crippen LogP contribution in [0.5, 0.6) is 11.5 Å². The van der Waals surface area contributed by atoms with Crippen molar-refractivity contribution in [1.82, 2.24) is 4.98 Å². The Morgan fingerprint density at radius 3 is 2.62 bits per heavy atom. The van der Waals surface area contributed by atoms with E-state index in [1.807, 2.05) is 49.4 Å². The molecule has 0 saturated carbocycles. The van der Waals surface area contributed by atoms with E-state index in [1.165, 1.54) is 0 Å². The zero-order valence-corrected chi connectivity index (χ0v) is 19.0. The highest BCUT2D eigenvalue weighted by Gasteiger charge is 2.35. The molecule has 32 heavy (non-hydrogen) atoms. The van der Waals surface area contributed by atoms with Crippen molar-refractivity contribution in [3.05, 3.63) is 64.8 Å². The van der Waals surface area contributed by atoms with Crippen LogP contribution >= 0.6 is 0 Å². The van der Waals surface area contributed by atoms with Gasteiger partial charge in [-0.25, -0.2) is 9.78 Å². The van der Waals surface area contributed by atoms with Gasteiger partial charge >= 0.3 is 5.97 Å². The first kappa shape index (κ1) is 21.9. The van der Waals surface area contributed by atoms with E-state index in [0.717, 1.165) is 28.8 Å². The molecule has 1 atom stereocenters. The van der Waals surface area contributed by atoms with Crippen LogP contribution in [0.1, 0.15) is 61.3 Å². The normalized spacial score (nSPS) is 17.4. The molecule has 0 aliphatic heterocycles. The molecule has 2 N–H and O–H groups in total. The van der Waals surface area contributed by atoms with Crippen LogP contribution < -0.4 is 4.74 Å². The van der Waals surface area contributed by atoms with Gasteiger partial charge in [0.2, 0.25) is 0 Å². The fourth-order valence-corrected chi connectivity index (χ4v) is 4.47. The Hall–Kier alpha value is -3.34. The molecule has 2 aromatic carbocycles. The van der Waals surface area contributed by atoms with Crippen molar-refractivity contribution in [2.45, 2.75) is 40.5 Å². The van der Waals surface area contributed by atoms with Gasteiger partial charge in [-0.1, -0.05) is 45.0 Å². The number of pyridine rings is 1. The molecule has 1 unspecified atom stereocenters. The van der Waals surface area contributed by atoms with Gasteiger partial charge in [0.05, 0.1) is 23.4 Å². The summed E-state index contributed by atoms with van der Waals surface area (Å²) < 4.78 is 5.55. The topological polar surface area (TPSA) is 79.7 Å². The van der Waals surface area contributed by atoms with Gasteiger partial charge in [0, 0.05) is 5.39 Å². The van der Waals surface area contributed by atoms with Crippen LogP contribution in [0.4, 0.5) is 0 Å². The van der Waals surface area contributed by atoms with E-state index < -0.39 is 5.97 Å². The minimum atomic E-state index is -0.919. The smallest absolute Gasteiger partial charge is 0.336 e. The Morgan fingerprint density at radius 2 is 1.94 bits per heavy atom. The number of para-hydroxylation sites is 1. The average Bonchev–Trinajstić information content (AvgIpc) is 2.73. The third-order valence-corrected chi connectivity index (χ3v) is 6.28. The molecule has 0 saturated heterocycles. The lowest BCUT2D eigenvalue weighted by molar-refractivity contribution is 0.0696. The minimum absolute atomic E-state index is 0.00361. The van der Waals surface area contributed by atoms with Crippen molar-refractivity contribution in [3.8, 4) is 11.5 Å². The number of carbonyl (C=O) groups is 1. The standard InChI is InChI=1S/C27H29NO4/c1-5-32-23-13-16(10-11-22(23)29)12-17-14-18(27(2,3)4)15-20-24(26(30)31)19-8-6-7-9-21(19)28-25(17)20/h6-13,18,29H,5,14-15H2,1-4H3,(H,30,31)/b17-12-. The third-order valence-electron chi connectivity index (χ3n) is 6.28. The molecule has 5 heteroatoms. The molecule has 5 nitrogen and oxygen atoms in total. The predicted molar refractivity (Wildman–Crippen MR) is 127 cm³/mol. The van der Waals surface area contributed by atoms with Gasteiger partial charge in [-0.2, -0.15) is 0 Å². The summed E-state index contributed by atoms with van der Waals surface area (Å²) in [7, 11) is 0. The van der Waals surface area contributed by atoms with Crippen LogP contribution in [0.25, 0.3) is 22.6 Å². The maximum Gasteiger partial charge on any atom is 0.336 e. The van der Waals surface area contributed by atoms with E-state index in [9.17, 15) is 15.0 Å². The molecule has 4 rings (SSSR count). The van der Waals surface area contributed by atoms with Gasteiger partial charge in [0.15, 0.2) is 11.5 Å². The molecular weight excluding hydrogens is 402 g/mol. The summed E-state index contributed by atoms with van der Waals surface area (Å²) in [4.78, 5) is 17.3. The SMILES string of the molecule is CCOc1cc(/C=C2/CC(C(C)(C)C)Cc3c2nc2ccccc2c3C(=O)O)ccc1O. The molecule has 0 bridgehead atoms. The largest absolute Gasteiger partial charge is 0.504 e. The number of carboxylic acids is 1. The lowest BCUT2D eigenvalue weighted by Crippen LogP contribution is -2.28. The second kappa shape index (κ2) is 8.30. The maximum atomic E-state index is 12.4. The van der Waals surface area contributed by atoms with Gasteiger partial charge in [0.1, 0.15) is 0 Å². The van der Waals surface area contributed by atoms with E-state index in [2.05, 4.69) is 20.8 Å². The molecule has 0 fully saturated rings. The summed E-state index contributed by atoms with van der Waals surface area (Å²) in [5.74, 6) is -0.117. The maximum absolute atomic E-state index is 12.4. The Kier molecular flexibility index (Phi) is 5.68. The number of benzene rings is 2. The number of aromatic hydroxyl groups is 1. The van der Waals surface area contributed by atoms with Crippen molar-refractivity contribution in [2.24, 2.45) is 11.3 Å². The minimum Gasteiger partial charge on any atom is -0.504 e. The summed E-state index contributed by atoms with van der Waals surface area (Å²) in [6.45, 7) is 8.92. The molecule has 166 valence electrons. The van der Waals surface area contributed by atoms with E-state index in [4.69, 9.17) is 9.72 Å². The molecule has 1 heterocycles. The van der Waals surface area contributed by atoms with Crippen molar-refractivity contribution in [3.63, 3.8) is 0 Å². The van der Waals surface area contributed by atoms with Gasteiger partial charge in [-0.05, 0) is 72.1 Å². The van der Waals surface area contributed by atoms with Gasteiger partial charge in [0.25, 0.3) is 0 Å². The van der Waals surface area contributed by atoms with Gasteiger partial charge in [-0.3, -0.25) is 0 Å². The molecule has 0 amide bonds. The van der Waals surface area contributed by atoms with Crippen LogP contribution in [0.2, 0.25) is 0 Å². The summed E-state index contributed by atoms with van der Waals surface area (Å²) in [6, 6.07) is 12.7. The lowest BCUT2D eigenvalue weighted by atomic mass is 9.69. The number of aromatic carboxylic acids is 1. The molecule has 3 aromatic rings. The number of carboxylic acid groups (broad SMARTS) is 1. The van der Waals surface area contributed by atoms with E-state index in [1.54, 1.807) is 6.07 Å². The van der Waals surface area contributed by atoms with Gasteiger partial charge in [-0.15, -0.1) is 0 Å². The first-order chi connectivity index (χ1) is 15.2. The van der Waals surface area contributed by atoms with Crippen molar-refractivity contribution in [1.29, 1.82) is 0 Å². The van der Waals surface area contributed by atoms with Crippen LogP contribution in [0.15, 0.2) is 42.5 Å². The predicted octanol–water partition coefficient (Wildman–Crippen LogP) is 6.19. The molecule has 1 aliphatic rings. The van der Waals surface area contributed by atoms with Crippen LogP contribution in [-0.4, -0.2) is 27.8 Å². The number of nitrogens with zero attached hydrogens (tertiary/aromatic N) is 1. The Labute approximate surface area is 188 Å². The van der Waals surface area contributed by atoms with Crippen molar-refractivity contribution in [2.75, 3.05) is 6.61 Å². The first-order valence-corrected chi connectivity index (χ1v) is 11.0. The van der Waals surface area contributed by atoms with E-state index >= 15 is 0 Å². The van der Waals surface area contributed by atoms with E-state index in [0.29, 0.717) is 35.2 Å². The highest BCUT2D eigenvalue weighted by atomic mass is 16.5. The van der Waals surface area contributed by atoms with Crippen LogP contribution in [0, 0.1) is 11.3 Å². The number of hydrogen-bond acceptors (Lipinski definition) is 4. The number of ether oxygens (including phenoxy) is 1. The number of phenols is 1. The summed E-state index contributed by atoms with van der Waals surface area (Å²) >= 11 is 0. The average molecular weight is 432 g/mol. The number of fused-ring (bicyclic) bond motifs is 2. The number of phenolic OH excluding ortho intramolecular Hbond substituents is 1. The third kappa shape index (κ3) is 4.07. The fourth-order valence-electron chi connectivity index (χ4n) is 4.47. The monoisotopic (exact) mass is 431 g/mol. The second-order valence-electron chi connectivity index (χ2n) is 9.44. The molecule has 0 spiro atoms. The Bertz CT molecular complexity index is 1220. The summed E-state index contributed by atoms with van der Waals surface area (Å²) in [6.07, 6.45) is 3.52. The highest BCUT2D eigenvalue weighted by molar-refractivity contribution is 6.06. The number of hydrogen-bond donors (Lipinski definition) is 2. The van der Waals surface area contributed by atoms with Crippen molar-refractivity contribution >= 4 is 28.5 Å². The first-order valence-electron chi connectivity index (χ1n) is 11.0. The molecule has 1 aliphatic carbocycles. The summed E-state index contributed by atoms with van der Waals surface area (Å²) in [5.41, 5.74) is 4.49. The van der Waals surface area contributed by atoms with Crippen LogP contribution in [0.3, 0.4) is 0 Å². The second-order valence-corrected chi connectivity index (χ2v) is 9.44.